The molecule has 0 aliphatic rings. The Morgan fingerprint density at radius 2 is 1.52 bits per heavy atom. The zero-order valence-electron chi connectivity index (χ0n) is 13.9. The summed E-state index contributed by atoms with van der Waals surface area (Å²) >= 11 is 0. The van der Waals surface area contributed by atoms with E-state index in [0.29, 0.717) is 5.92 Å². The standard InChI is InChI=1S/C18H23O4P/c1-12(2)15-10-11-16(22-23(19,20)21)18(17(15)13(3)4)14-8-6-5-7-9-14/h5-13H,1-4H3,(H2,19,20,21). The first-order valence-electron chi connectivity index (χ1n) is 7.68. The van der Waals surface area contributed by atoms with Crippen molar-refractivity contribution in [2.45, 2.75) is 39.5 Å². The van der Waals surface area contributed by atoms with Crippen LogP contribution < -0.4 is 4.52 Å². The average Bonchev–Trinajstić information content (AvgIpc) is 2.45. The molecule has 0 saturated heterocycles. The van der Waals surface area contributed by atoms with Crippen molar-refractivity contribution in [3.63, 3.8) is 0 Å². The summed E-state index contributed by atoms with van der Waals surface area (Å²) in [5, 5.41) is 0. The van der Waals surface area contributed by atoms with E-state index in [1.165, 1.54) is 0 Å². The van der Waals surface area contributed by atoms with Gasteiger partial charge >= 0.3 is 7.82 Å². The van der Waals surface area contributed by atoms with Crippen molar-refractivity contribution in [3.05, 3.63) is 53.6 Å². The summed E-state index contributed by atoms with van der Waals surface area (Å²) in [5.74, 6) is 0.722. The molecule has 0 aliphatic carbocycles. The maximum Gasteiger partial charge on any atom is 0.524 e. The van der Waals surface area contributed by atoms with Gasteiger partial charge in [-0.25, -0.2) is 4.57 Å². The second-order valence-corrected chi connectivity index (χ2v) is 7.36. The second-order valence-electron chi connectivity index (χ2n) is 6.20. The Hall–Kier alpha value is -1.61. The van der Waals surface area contributed by atoms with Crippen molar-refractivity contribution >= 4 is 7.82 Å². The molecule has 2 N–H and O–H groups in total. The molecule has 0 bridgehead atoms. The van der Waals surface area contributed by atoms with Crippen LogP contribution in [-0.2, 0) is 4.57 Å². The lowest BCUT2D eigenvalue weighted by atomic mass is 9.84. The first kappa shape index (κ1) is 17.7. The number of phosphoric ester groups is 1. The van der Waals surface area contributed by atoms with Crippen LogP contribution in [0.25, 0.3) is 11.1 Å². The van der Waals surface area contributed by atoms with Crippen LogP contribution in [0.1, 0.15) is 50.7 Å². The molecule has 0 amide bonds. The quantitative estimate of drug-likeness (QED) is 0.749. The molecule has 4 nitrogen and oxygen atoms in total. The maximum atomic E-state index is 11.4. The highest BCUT2D eigenvalue weighted by Gasteiger charge is 2.24. The largest absolute Gasteiger partial charge is 0.524 e. The van der Waals surface area contributed by atoms with Gasteiger partial charge in [-0.3, -0.25) is 9.79 Å². The van der Waals surface area contributed by atoms with E-state index in [2.05, 4.69) is 27.7 Å². The van der Waals surface area contributed by atoms with Crippen LogP contribution in [0.2, 0.25) is 0 Å². The van der Waals surface area contributed by atoms with E-state index in [4.69, 9.17) is 4.52 Å². The van der Waals surface area contributed by atoms with Gasteiger partial charge in [-0.15, -0.1) is 0 Å². The molecule has 0 saturated carbocycles. The van der Waals surface area contributed by atoms with Crippen LogP contribution in [-0.4, -0.2) is 9.79 Å². The molecule has 5 heteroatoms. The molecule has 0 atom stereocenters. The van der Waals surface area contributed by atoms with Crippen LogP contribution in [0, 0.1) is 0 Å². The molecule has 23 heavy (non-hydrogen) atoms. The topological polar surface area (TPSA) is 66.8 Å². The first-order valence-corrected chi connectivity index (χ1v) is 9.21. The fraction of sp³-hybridized carbons (Fsp3) is 0.333. The van der Waals surface area contributed by atoms with E-state index in [-0.39, 0.29) is 11.7 Å². The van der Waals surface area contributed by atoms with Crippen molar-refractivity contribution in [2.24, 2.45) is 0 Å². The third-order valence-corrected chi connectivity index (χ3v) is 4.15. The van der Waals surface area contributed by atoms with Crippen molar-refractivity contribution in [3.8, 4) is 16.9 Å². The third-order valence-electron chi connectivity index (χ3n) is 3.72. The molecule has 0 spiro atoms. The Morgan fingerprint density at radius 3 is 2.00 bits per heavy atom. The van der Waals surface area contributed by atoms with Crippen molar-refractivity contribution in [2.75, 3.05) is 0 Å². The Labute approximate surface area is 137 Å². The Morgan fingerprint density at radius 1 is 0.913 bits per heavy atom. The Kier molecular flexibility index (Phi) is 5.30. The predicted octanol–water partition coefficient (Wildman–Crippen LogP) is 5.07. The smallest absolute Gasteiger partial charge is 0.404 e. The minimum atomic E-state index is -4.62. The zero-order chi connectivity index (χ0) is 17.2. The fourth-order valence-electron chi connectivity index (χ4n) is 2.85. The highest BCUT2D eigenvalue weighted by Crippen LogP contribution is 2.47. The van der Waals surface area contributed by atoms with Gasteiger partial charge in [-0.2, -0.15) is 0 Å². The van der Waals surface area contributed by atoms with Gasteiger partial charge in [-0.05, 0) is 34.6 Å². The van der Waals surface area contributed by atoms with E-state index < -0.39 is 7.82 Å². The number of phosphoric acid groups is 1. The average molecular weight is 334 g/mol. The molecule has 0 heterocycles. The number of hydrogen-bond donors (Lipinski definition) is 2. The van der Waals surface area contributed by atoms with Crippen LogP contribution in [0.4, 0.5) is 0 Å². The van der Waals surface area contributed by atoms with Crippen molar-refractivity contribution < 1.29 is 18.9 Å². The van der Waals surface area contributed by atoms with Gasteiger partial charge in [0.15, 0.2) is 0 Å². The lowest BCUT2D eigenvalue weighted by Gasteiger charge is -2.23. The zero-order valence-corrected chi connectivity index (χ0v) is 14.7. The molecule has 2 aromatic rings. The van der Waals surface area contributed by atoms with Crippen molar-refractivity contribution in [1.82, 2.24) is 0 Å². The summed E-state index contributed by atoms with van der Waals surface area (Å²) in [6, 6.07) is 13.1. The van der Waals surface area contributed by atoms with E-state index in [1.807, 2.05) is 36.4 Å². The minimum absolute atomic E-state index is 0.197. The molecular weight excluding hydrogens is 311 g/mol. The molecule has 0 unspecified atom stereocenters. The van der Waals surface area contributed by atoms with Gasteiger partial charge in [0.25, 0.3) is 0 Å². The summed E-state index contributed by atoms with van der Waals surface area (Å²) in [7, 11) is -4.62. The summed E-state index contributed by atoms with van der Waals surface area (Å²) in [5.41, 5.74) is 3.88. The monoisotopic (exact) mass is 334 g/mol. The van der Waals surface area contributed by atoms with E-state index in [0.717, 1.165) is 22.3 Å². The van der Waals surface area contributed by atoms with Gasteiger partial charge in [0.1, 0.15) is 5.75 Å². The first-order chi connectivity index (χ1) is 10.7. The number of rotatable bonds is 5. The molecule has 0 fully saturated rings. The van der Waals surface area contributed by atoms with E-state index in [9.17, 15) is 14.4 Å². The Balaban J connectivity index is 2.79. The van der Waals surface area contributed by atoms with Crippen molar-refractivity contribution in [1.29, 1.82) is 0 Å². The molecule has 0 radical (unpaired) electrons. The lowest BCUT2D eigenvalue weighted by molar-refractivity contribution is 0.283. The lowest BCUT2D eigenvalue weighted by Crippen LogP contribution is -2.04. The molecule has 0 aliphatic heterocycles. The van der Waals surface area contributed by atoms with Gasteiger partial charge in [0.2, 0.25) is 0 Å². The van der Waals surface area contributed by atoms with Gasteiger partial charge in [0, 0.05) is 5.56 Å². The molecule has 2 aromatic carbocycles. The van der Waals surface area contributed by atoms with Crippen LogP contribution in [0.15, 0.2) is 42.5 Å². The summed E-state index contributed by atoms with van der Waals surface area (Å²) in [6.45, 7) is 8.38. The summed E-state index contributed by atoms with van der Waals surface area (Å²) in [4.78, 5) is 18.5. The summed E-state index contributed by atoms with van der Waals surface area (Å²) < 4.78 is 16.3. The minimum Gasteiger partial charge on any atom is -0.404 e. The molecule has 124 valence electrons. The van der Waals surface area contributed by atoms with Crippen LogP contribution in [0.5, 0.6) is 5.75 Å². The Bertz CT molecular complexity index is 717. The third kappa shape index (κ3) is 4.23. The highest BCUT2D eigenvalue weighted by molar-refractivity contribution is 7.46. The number of hydrogen-bond acceptors (Lipinski definition) is 2. The van der Waals surface area contributed by atoms with E-state index in [1.54, 1.807) is 6.07 Å². The SMILES string of the molecule is CC(C)c1ccc(OP(=O)(O)O)c(-c2ccccc2)c1C(C)C. The predicted molar refractivity (Wildman–Crippen MR) is 92.7 cm³/mol. The highest BCUT2D eigenvalue weighted by atomic mass is 31.2. The fourth-order valence-corrected chi connectivity index (χ4v) is 3.26. The molecular formula is C18H23O4P. The van der Waals surface area contributed by atoms with Gasteiger partial charge in [-0.1, -0.05) is 64.1 Å². The van der Waals surface area contributed by atoms with E-state index >= 15 is 0 Å². The van der Waals surface area contributed by atoms with Crippen LogP contribution >= 0.6 is 7.82 Å². The normalized spacial score (nSPS) is 12.0. The molecule has 2 rings (SSSR count). The maximum absolute atomic E-state index is 11.4. The summed E-state index contributed by atoms with van der Waals surface area (Å²) in [6.07, 6.45) is 0. The van der Waals surface area contributed by atoms with Gasteiger partial charge < -0.3 is 4.52 Å². The van der Waals surface area contributed by atoms with Gasteiger partial charge in [0.05, 0.1) is 0 Å². The van der Waals surface area contributed by atoms with Crippen LogP contribution in [0.3, 0.4) is 0 Å². The number of benzene rings is 2. The molecule has 0 aromatic heterocycles. The second kappa shape index (κ2) is 6.88.